The van der Waals surface area contributed by atoms with E-state index < -0.39 is 11.5 Å². The average molecular weight is 380 g/mol. The lowest BCUT2D eigenvalue weighted by molar-refractivity contribution is -0.143. The highest BCUT2D eigenvalue weighted by molar-refractivity contribution is 5.89. The Hall–Kier alpha value is -2.49. The van der Waals surface area contributed by atoms with E-state index in [2.05, 4.69) is 50.2 Å². The fourth-order valence-electron chi connectivity index (χ4n) is 3.91. The zero-order valence-electron chi connectivity index (χ0n) is 17.6. The summed E-state index contributed by atoms with van der Waals surface area (Å²) in [5.74, 6) is -0.483. The number of nitrogens with zero attached hydrogens (tertiary/aromatic N) is 1. The molecule has 2 unspecified atom stereocenters. The summed E-state index contributed by atoms with van der Waals surface area (Å²) in [4.78, 5) is 24.2. The topological polar surface area (TPSA) is 55.7 Å². The highest BCUT2D eigenvalue weighted by Crippen LogP contribution is 2.51. The number of nitroso groups, excluding NO2 is 1. The van der Waals surface area contributed by atoms with E-state index in [0.717, 1.165) is 22.3 Å². The minimum Gasteiger partial charge on any atom is -0.465 e. The minimum absolute atomic E-state index is 0.104. The zero-order valence-corrected chi connectivity index (χ0v) is 17.6. The Labute approximate surface area is 167 Å². The van der Waals surface area contributed by atoms with Gasteiger partial charge in [-0.15, -0.1) is 0 Å². The molecule has 0 aliphatic heterocycles. The van der Waals surface area contributed by atoms with Gasteiger partial charge in [-0.2, -0.15) is 4.91 Å². The number of esters is 1. The molecule has 4 heteroatoms. The molecule has 0 N–H and O–H groups in total. The fraction of sp³-hybridized carbons (Fsp3) is 0.458. The quantitative estimate of drug-likeness (QED) is 0.338. The van der Waals surface area contributed by atoms with Crippen molar-refractivity contribution in [3.63, 3.8) is 0 Å². The number of rotatable bonds is 7. The highest BCUT2D eigenvalue weighted by Gasteiger charge is 2.47. The second-order valence-electron chi connectivity index (χ2n) is 8.51. The summed E-state index contributed by atoms with van der Waals surface area (Å²) in [5, 5.41) is 3.27. The predicted octanol–water partition coefficient (Wildman–Crippen LogP) is 5.97. The first-order chi connectivity index (χ1) is 13.2. The van der Waals surface area contributed by atoms with Gasteiger partial charge in [0.05, 0.1) is 6.61 Å². The maximum Gasteiger partial charge on any atom is 0.317 e. The third-order valence-corrected chi connectivity index (χ3v) is 5.73. The first-order valence-electron chi connectivity index (χ1n) is 9.97. The lowest BCUT2D eigenvalue weighted by Gasteiger charge is -2.20. The Kier molecular flexibility index (Phi) is 5.42. The summed E-state index contributed by atoms with van der Waals surface area (Å²) < 4.78 is 5.42. The van der Waals surface area contributed by atoms with Crippen LogP contribution < -0.4 is 0 Å². The lowest BCUT2D eigenvalue weighted by Crippen LogP contribution is -2.24. The van der Waals surface area contributed by atoms with Crippen LogP contribution in [0.3, 0.4) is 0 Å². The van der Waals surface area contributed by atoms with Crippen LogP contribution in [0.5, 0.6) is 0 Å². The van der Waals surface area contributed by atoms with Crippen LogP contribution in [-0.4, -0.2) is 18.1 Å². The molecule has 2 atom stereocenters. The van der Waals surface area contributed by atoms with E-state index in [1.54, 1.807) is 13.8 Å². The third-order valence-electron chi connectivity index (χ3n) is 5.73. The van der Waals surface area contributed by atoms with Crippen LogP contribution in [0, 0.1) is 17.7 Å². The Morgan fingerprint density at radius 2 is 1.89 bits per heavy atom. The van der Waals surface area contributed by atoms with Crippen molar-refractivity contribution in [1.29, 1.82) is 0 Å². The van der Waals surface area contributed by atoms with Crippen molar-refractivity contribution < 1.29 is 9.53 Å². The van der Waals surface area contributed by atoms with Crippen molar-refractivity contribution in [3.05, 3.63) is 63.6 Å². The monoisotopic (exact) mass is 379 g/mol. The number of ether oxygens (including phenoxy) is 1. The minimum atomic E-state index is -0.758. The Morgan fingerprint density at radius 1 is 1.18 bits per heavy atom. The molecular weight excluding hydrogens is 350 g/mol. The molecule has 148 valence electrons. The molecule has 0 saturated heterocycles. The van der Waals surface area contributed by atoms with Crippen LogP contribution in [0.15, 0.2) is 47.2 Å². The zero-order chi connectivity index (χ0) is 20.6. The fourth-order valence-corrected chi connectivity index (χ4v) is 3.91. The molecule has 3 rings (SSSR count). The Bertz CT molecular complexity index is 910. The van der Waals surface area contributed by atoms with Gasteiger partial charge in [0.15, 0.2) is 0 Å². The molecule has 3 aliphatic carbocycles. The number of carbonyl (C=O) groups is 1. The van der Waals surface area contributed by atoms with Crippen molar-refractivity contribution in [1.82, 2.24) is 0 Å². The largest absolute Gasteiger partial charge is 0.465 e. The molecule has 0 aromatic rings. The molecule has 0 bridgehead atoms. The molecule has 28 heavy (non-hydrogen) atoms. The van der Waals surface area contributed by atoms with Gasteiger partial charge in [-0.3, -0.25) is 4.79 Å². The average Bonchev–Trinajstić information content (AvgIpc) is 3.36. The molecule has 0 saturated carbocycles. The van der Waals surface area contributed by atoms with Gasteiger partial charge in [-0.25, -0.2) is 0 Å². The van der Waals surface area contributed by atoms with Crippen LogP contribution in [0.25, 0.3) is 11.1 Å². The standard InChI is InChI=1S/C24H29NO3/c1-7-28-23(26)22(20-13-21(20)24(5,6)25-27)18-11-10-17-15(4)8-9-16(14(2)3)12-19(17)18/h8-14,21-22H,7H2,1-6H3. The first kappa shape index (κ1) is 20.2. The van der Waals surface area contributed by atoms with E-state index in [9.17, 15) is 9.70 Å². The number of hydrogen-bond acceptors (Lipinski definition) is 4. The maximum absolute atomic E-state index is 12.9. The van der Waals surface area contributed by atoms with Gasteiger partial charge in [0.1, 0.15) is 11.5 Å². The van der Waals surface area contributed by atoms with E-state index in [1.165, 1.54) is 11.1 Å². The van der Waals surface area contributed by atoms with Gasteiger partial charge in [-0.1, -0.05) is 55.4 Å². The van der Waals surface area contributed by atoms with Crippen LogP contribution in [-0.2, 0) is 9.53 Å². The summed E-state index contributed by atoms with van der Waals surface area (Å²) in [6.45, 7) is 12.2. The third kappa shape index (κ3) is 3.60. The van der Waals surface area contributed by atoms with Crippen molar-refractivity contribution in [2.45, 2.75) is 58.9 Å². The molecule has 0 fully saturated rings. The van der Waals surface area contributed by atoms with Crippen molar-refractivity contribution in [3.8, 4) is 11.1 Å². The molecule has 0 spiro atoms. The molecule has 0 radical (unpaired) electrons. The normalized spacial score (nSPS) is 17.4. The van der Waals surface area contributed by atoms with Gasteiger partial charge in [-0.05, 0) is 67.0 Å². The van der Waals surface area contributed by atoms with Gasteiger partial charge < -0.3 is 4.74 Å². The number of carbonyl (C=O) groups excluding carboxylic acids is 1. The summed E-state index contributed by atoms with van der Waals surface area (Å²) in [6, 6.07) is 10.6. The predicted molar refractivity (Wildman–Crippen MR) is 113 cm³/mol. The van der Waals surface area contributed by atoms with E-state index in [1.807, 2.05) is 19.1 Å². The van der Waals surface area contributed by atoms with Crippen LogP contribution in [0.2, 0.25) is 0 Å². The van der Waals surface area contributed by atoms with Crippen molar-refractivity contribution in [2.75, 3.05) is 6.61 Å². The highest BCUT2D eigenvalue weighted by atomic mass is 16.5. The summed E-state index contributed by atoms with van der Waals surface area (Å²) in [6.07, 6.45) is 1.99. The molecule has 0 aromatic carbocycles. The van der Waals surface area contributed by atoms with Gasteiger partial charge in [0.25, 0.3) is 0 Å². The van der Waals surface area contributed by atoms with E-state index >= 15 is 0 Å². The maximum atomic E-state index is 12.9. The molecule has 0 heterocycles. The first-order valence-corrected chi connectivity index (χ1v) is 9.97. The summed E-state index contributed by atoms with van der Waals surface area (Å²) in [7, 11) is 0. The van der Waals surface area contributed by atoms with E-state index in [-0.39, 0.29) is 11.9 Å². The van der Waals surface area contributed by atoms with Crippen molar-refractivity contribution >= 4 is 5.97 Å². The van der Waals surface area contributed by atoms with E-state index in [0.29, 0.717) is 12.5 Å². The summed E-state index contributed by atoms with van der Waals surface area (Å²) in [5.41, 5.74) is 5.74. The van der Waals surface area contributed by atoms with Crippen LogP contribution in [0.1, 0.15) is 63.1 Å². The van der Waals surface area contributed by atoms with Gasteiger partial charge >= 0.3 is 5.97 Å². The second-order valence-corrected chi connectivity index (χ2v) is 8.51. The lowest BCUT2D eigenvalue weighted by atomic mass is 9.86. The number of aryl methyl sites for hydroxylation is 1. The molecule has 4 nitrogen and oxygen atoms in total. The van der Waals surface area contributed by atoms with Crippen LogP contribution in [0.4, 0.5) is 0 Å². The summed E-state index contributed by atoms with van der Waals surface area (Å²) >= 11 is 0. The second kappa shape index (κ2) is 7.50. The number of fused-ring (bicyclic) bond motifs is 1. The van der Waals surface area contributed by atoms with Crippen molar-refractivity contribution in [2.24, 2.45) is 11.1 Å². The Balaban J connectivity index is 2.11. The SMILES string of the molecule is CCOC(=O)C(C1=CC1C(C)(C)N=O)c1ccc2c(C)ccc(C(C)C)cc1-2. The van der Waals surface area contributed by atoms with Gasteiger partial charge in [0.2, 0.25) is 0 Å². The molecule has 0 amide bonds. The van der Waals surface area contributed by atoms with Gasteiger partial charge in [0, 0.05) is 5.92 Å². The smallest absolute Gasteiger partial charge is 0.317 e. The molecule has 3 aliphatic rings. The van der Waals surface area contributed by atoms with Crippen LogP contribution >= 0.6 is 0 Å². The molecular formula is C24H29NO3. The number of hydrogen-bond donors (Lipinski definition) is 0. The Morgan fingerprint density at radius 3 is 2.50 bits per heavy atom. The molecule has 0 aromatic heterocycles. The van der Waals surface area contributed by atoms with E-state index in [4.69, 9.17) is 4.74 Å².